The molecule has 1 fully saturated rings. The third-order valence-electron chi connectivity index (χ3n) is 3.76. The Kier molecular flexibility index (Phi) is 4.56. The molecule has 0 radical (unpaired) electrons. The van der Waals surface area contributed by atoms with E-state index in [-0.39, 0.29) is 11.8 Å². The summed E-state index contributed by atoms with van der Waals surface area (Å²) in [5.41, 5.74) is 8.47. The molecule has 2 amide bonds. The highest BCUT2D eigenvalue weighted by Crippen LogP contribution is 2.27. The maximum Gasteiger partial charge on any atom is 0.239 e. The van der Waals surface area contributed by atoms with E-state index in [1.807, 2.05) is 39.8 Å². The van der Waals surface area contributed by atoms with Crippen molar-refractivity contribution in [2.75, 3.05) is 18.0 Å². The lowest BCUT2D eigenvalue weighted by Gasteiger charge is -2.21. The molecule has 1 aliphatic rings. The molecule has 1 saturated heterocycles. The maximum absolute atomic E-state index is 12.5. The molecular weight excluding hydrogens is 278 g/mol. The van der Waals surface area contributed by atoms with Crippen LogP contribution in [0.2, 0.25) is 0 Å². The summed E-state index contributed by atoms with van der Waals surface area (Å²) in [6.45, 7) is 8.62. The van der Waals surface area contributed by atoms with E-state index in [2.05, 4.69) is 11.4 Å². The number of carbonyl (C=O) groups excluding carboxylic acids is 2. The molecular formula is C17H25N3O2. The van der Waals surface area contributed by atoms with Crippen LogP contribution in [-0.4, -0.2) is 30.4 Å². The summed E-state index contributed by atoms with van der Waals surface area (Å²) in [5, 5.41) is 2.78. The van der Waals surface area contributed by atoms with Gasteiger partial charge in [-0.1, -0.05) is 6.07 Å². The quantitative estimate of drug-likeness (QED) is 0.828. The van der Waals surface area contributed by atoms with Crippen molar-refractivity contribution < 1.29 is 9.59 Å². The zero-order chi connectivity index (χ0) is 16.5. The highest BCUT2D eigenvalue weighted by molar-refractivity contribution is 6.09. The van der Waals surface area contributed by atoms with Gasteiger partial charge in [0.1, 0.15) is 5.92 Å². The topological polar surface area (TPSA) is 75.4 Å². The minimum atomic E-state index is -0.608. The fourth-order valence-electron chi connectivity index (χ4n) is 2.72. The van der Waals surface area contributed by atoms with Crippen molar-refractivity contribution >= 4 is 17.5 Å². The second-order valence-corrected chi connectivity index (χ2v) is 6.88. The number of nitrogens with two attached hydrogens (primary N) is 1. The second-order valence-electron chi connectivity index (χ2n) is 6.88. The Bertz CT molecular complexity index is 570. The minimum Gasteiger partial charge on any atom is -0.354 e. The predicted octanol–water partition coefficient (Wildman–Crippen LogP) is 1.51. The van der Waals surface area contributed by atoms with Crippen molar-refractivity contribution in [3.63, 3.8) is 0 Å². The van der Waals surface area contributed by atoms with Crippen molar-refractivity contribution in [3.8, 4) is 0 Å². The molecule has 1 atom stereocenters. The molecule has 1 unspecified atom stereocenters. The maximum atomic E-state index is 12.5. The average Bonchev–Trinajstić information content (AvgIpc) is 2.76. The van der Waals surface area contributed by atoms with E-state index in [1.54, 1.807) is 4.90 Å². The summed E-state index contributed by atoms with van der Waals surface area (Å²) in [6.07, 6.45) is 0.544. The van der Waals surface area contributed by atoms with E-state index in [1.165, 1.54) is 0 Å². The van der Waals surface area contributed by atoms with E-state index in [0.29, 0.717) is 19.5 Å². The molecule has 5 heteroatoms. The van der Waals surface area contributed by atoms with Crippen LogP contribution in [0.25, 0.3) is 0 Å². The smallest absolute Gasteiger partial charge is 0.239 e. The molecule has 120 valence electrons. The first kappa shape index (κ1) is 16.5. The van der Waals surface area contributed by atoms with Crippen LogP contribution in [-0.2, 0) is 9.59 Å². The zero-order valence-electron chi connectivity index (χ0n) is 13.8. The van der Waals surface area contributed by atoms with Gasteiger partial charge in [-0.3, -0.25) is 9.59 Å². The third-order valence-corrected chi connectivity index (χ3v) is 3.76. The molecule has 0 spiro atoms. The lowest BCUT2D eigenvalue weighted by molar-refractivity contribution is -0.132. The number of carbonyl (C=O) groups is 2. The summed E-state index contributed by atoms with van der Waals surface area (Å²) in [7, 11) is 0. The van der Waals surface area contributed by atoms with Crippen molar-refractivity contribution in [2.45, 2.75) is 39.7 Å². The Balaban J connectivity index is 2.07. The largest absolute Gasteiger partial charge is 0.354 e. The Morgan fingerprint density at radius 2 is 1.91 bits per heavy atom. The van der Waals surface area contributed by atoms with Crippen LogP contribution in [0.1, 0.15) is 31.4 Å². The number of anilines is 1. The summed E-state index contributed by atoms with van der Waals surface area (Å²) < 4.78 is 0. The number of amides is 2. The van der Waals surface area contributed by atoms with Crippen LogP contribution >= 0.6 is 0 Å². The van der Waals surface area contributed by atoms with Crippen molar-refractivity contribution in [1.82, 2.24) is 5.32 Å². The molecule has 1 aromatic carbocycles. The fourth-order valence-corrected chi connectivity index (χ4v) is 2.72. The van der Waals surface area contributed by atoms with Gasteiger partial charge in [-0.15, -0.1) is 0 Å². The molecule has 1 heterocycles. The van der Waals surface area contributed by atoms with Crippen LogP contribution in [0, 0.1) is 19.8 Å². The first-order chi connectivity index (χ1) is 10.2. The van der Waals surface area contributed by atoms with E-state index in [0.717, 1.165) is 16.8 Å². The van der Waals surface area contributed by atoms with E-state index >= 15 is 0 Å². The molecule has 0 saturated carbocycles. The Labute approximate surface area is 131 Å². The molecule has 22 heavy (non-hydrogen) atoms. The third kappa shape index (κ3) is 3.85. The second kappa shape index (κ2) is 6.08. The number of nitrogens with one attached hydrogen (secondary N) is 1. The minimum absolute atomic E-state index is 0.127. The van der Waals surface area contributed by atoms with Gasteiger partial charge in [-0.25, -0.2) is 0 Å². The van der Waals surface area contributed by atoms with Gasteiger partial charge in [0.15, 0.2) is 0 Å². The zero-order valence-corrected chi connectivity index (χ0v) is 13.8. The number of hydrogen-bond donors (Lipinski definition) is 2. The number of hydrogen-bond acceptors (Lipinski definition) is 3. The van der Waals surface area contributed by atoms with Crippen LogP contribution in [0.4, 0.5) is 5.69 Å². The lowest BCUT2D eigenvalue weighted by Crippen LogP contribution is -2.47. The van der Waals surface area contributed by atoms with E-state index in [4.69, 9.17) is 5.73 Å². The first-order valence-electron chi connectivity index (χ1n) is 7.64. The molecule has 1 aromatic rings. The molecule has 5 nitrogen and oxygen atoms in total. The predicted molar refractivity (Wildman–Crippen MR) is 87.7 cm³/mol. The summed E-state index contributed by atoms with van der Waals surface area (Å²) >= 11 is 0. The fraction of sp³-hybridized carbons (Fsp3) is 0.529. The Hall–Kier alpha value is -1.88. The number of aryl methyl sites for hydroxylation is 2. The first-order valence-corrected chi connectivity index (χ1v) is 7.64. The van der Waals surface area contributed by atoms with Gasteiger partial charge in [-0.2, -0.15) is 0 Å². The SMILES string of the molecule is Cc1cc(C)cc(N2CCC(C(=O)NCC(C)(C)N)C2=O)c1. The molecule has 0 aliphatic carbocycles. The highest BCUT2D eigenvalue weighted by atomic mass is 16.2. The number of nitrogens with zero attached hydrogens (tertiary/aromatic N) is 1. The standard InChI is InChI=1S/C17H25N3O2/c1-11-7-12(2)9-13(8-11)20-6-5-14(16(20)22)15(21)19-10-17(3,4)18/h7-9,14H,5-6,10,18H2,1-4H3,(H,19,21). The van der Waals surface area contributed by atoms with Crippen molar-refractivity contribution in [3.05, 3.63) is 29.3 Å². The van der Waals surface area contributed by atoms with Crippen LogP contribution < -0.4 is 16.0 Å². The average molecular weight is 303 g/mol. The Morgan fingerprint density at radius 1 is 1.32 bits per heavy atom. The number of benzene rings is 1. The summed E-state index contributed by atoms with van der Waals surface area (Å²) in [5.74, 6) is -0.962. The molecule has 1 aliphatic heterocycles. The van der Waals surface area contributed by atoms with Crippen LogP contribution in [0.15, 0.2) is 18.2 Å². The number of rotatable bonds is 4. The van der Waals surface area contributed by atoms with Gasteiger partial charge < -0.3 is 16.0 Å². The summed E-state index contributed by atoms with van der Waals surface area (Å²) in [6, 6.07) is 6.03. The summed E-state index contributed by atoms with van der Waals surface area (Å²) in [4.78, 5) is 26.4. The van der Waals surface area contributed by atoms with E-state index in [9.17, 15) is 9.59 Å². The monoisotopic (exact) mass is 303 g/mol. The van der Waals surface area contributed by atoms with Crippen LogP contribution in [0.3, 0.4) is 0 Å². The Morgan fingerprint density at radius 3 is 2.45 bits per heavy atom. The van der Waals surface area contributed by atoms with Gasteiger partial charge in [-0.05, 0) is 57.4 Å². The molecule has 0 bridgehead atoms. The molecule has 2 rings (SSSR count). The van der Waals surface area contributed by atoms with Crippen molar-refractivity contribution in [1.29, 1.82) is 0 Å². The molecule has 0 aromatic heterocycles. The highest BCUT2D eigenvalue weighted by Gasteiger charge is 2.37. The van der Waals surface area contributed by atoms with Gasteiger partial charge in [0, 0.05) is 24.3 Å². The van der Waals surface area contributed by atoms with Crippen molar-refractivity contribution in [2.24, 2.45) is 11.7 Å². The van der Waals surface area contributed by atoms with Gasteiger partial charge in [0.2, 0.25) is 11.8 Å². The van der Waals surface area contributed by atoms with Gasteiger partial charge in [0.25, 0.3) is 0 Å². The van der Waals surface area contributed by atoms with Gasteiger partial charge in [0.05, 0.1) is 0 Å². The van der Waals surface area contributed by atoms with Crippen LogP contribution in [0.5, 0.6) is 0 Å². The van der Waals surface area contributed by atoms with E-state index < -0.39 is 11.5 Å². The normalized spacial score (nSPS) is 18.7. The molecule has 3 N–H and O–H groups in total. The van der Waals surface area contributed by atoms with Gasteiger partial charge >= 0.3 is 0 Å². The lowest BCUT2D eigenvalue weighted by atomic mass is 10.0.